The van der Waals surface area contributed by atoms with E-state index in [0.717, 1.165) is 5.69 Å². The van der Waals surface area contributed by atoms with Gasteiger partial charge in [0.1, 0.15) is 5.69 Å². The van der Waals surface area contributed by atoms with Gasteiger partial charge >= 0.3 is 0 Å². The van der Waals surface area contributed by atoms with E-state index in [1.807, 2.05) is 48.5 Å². The first-order valence-electron chi connectivity index (χ1n) is 9.37. The molecule has 1 aromatic heterocycles. The highest BCUT2D eigenvalue weighted by Crippen LogP contribution is 2.25. The first-order chi connectivity index (χ1) is 13.8. The van der Waals surface area contributed by atoms with E-state index in [1.165, 1.54) is 5.56 Å². The van der Waals surface area contributed by atoms with Gasteiger partial charge in [-0.1, -0.05) is 48.5 Å². The van der Waals surface area contributed by atoms with Crippen molar-refractivity contribution in [1.29, 1.82) is 0 Å². The second kappa shape index (κ2) is 8.63. The molecule has 1 amide bonds. The van der Waals surface area contributed by atoms with E-state index in [-0.39, 0.29) is 5.91 Å². The molecule has 0 radical (unpaired) electrons. The molecule has 0 bridgehead atoms. The summed E-state index contributed by atoms with van der Waals surface area (Å²) in [5.41, 5.74) is 2.55. The molecule has 1 saturated heterocycles. The van der Waals surface area contributed by atoms with Crippen molar-refractivity contribution in [3.63, 3.8) is 0 Å². The predicted octanol–water partition coefficient (Wildman–Crippen LogP) is 3.29. The number of carbonyl (C=O) groups is 1. The molecule has 6 heteroatoms. The summed E-state index contributed by atoms with van der Waals surface area (Å²) in [6.45, 7) is 2.97. The Morgan fingerprint density at radius 1 is 0.929 bits per heavy atom. The number of ether oxygens (including phenoxy) is 1. The Hall–Kier alpha value is -3.25. The Morgan fingerprint density at radius 3 is 2.25 bits per heavy atom. The van der Waals surface area contributed by atoms with Crippen molar-refractivity contribution in [2.24, 2.45) is 0 Å². The molecule has 4 rings (SSSR count). The smallest absolute Gasteiger partial charge is 0.274 e. The Morgan fingerprint density at radius 2 is 1.61 bits per heavy atom. The van der Waals surface area contributed by atoms with E-state index in [2.05, 4.69) is 27.0 Å². The highest BCUT2D eigenvalue weighted by molar-refractivity contribution is 5.92. The monoisotopic (exact) mass is 374 g/mol. The van der Waals surface area contributed by atoms with E-state index in [1.54, 1.807) is 17.3 Å². The number of anilines is 2. The number of aromatic nitrogens is 2. The zero-order chi connectivity index (χ0) is 19.2. The van der Waals surface area contributed by atoms with E-state index in [9.17, 15) is 4.79 Å². The SMILES string of the molecule is O=C(c1cnc(N(Cc2ccccc2)c2ccccc2)cn1)N1CCOCC1. The maximum absolute atomic E-state index is 12.6. The van der Waals surface area contributed by atoms with Gasteiger partial charge in [0.15, 0.2) is 5.82 Å². The summed E-state index contributed by atoms with van der Waals surface area (Å²) < 4.78 is 5.31. The number of nitrogens with zero attached hydrogens (tertiary/aromatic N) is 4. The molecule has 0 atom stereocenters. The lowest BCUT2D eigenvalue weighted by Gasteiger charge is -2.27. The fourth-order valence-corrected chi connectivity index (χ4v) is 3.18. The van der Waals surface area contributed by atoms with Gasteiger partial charge in [-0.25, -0.2) is 9.97 Å². The van der Waals surface area contributed by atoms with Crippen molar-refractivity contribution in [3.8, 4) is 0 Å². The van der Waals surface area contributed by atoms with Crippen LogP contribution in [0.15, 0.2) is 73.1 Å². The highest BCUT2D eigenvalue weighted by Gasteiger charge is 2.20. The van der Waals surface area contributed by atoms with Crippen LogP contribution in [0, 0.1) is 0 Å². The maximum Gasteiger partial charge on any atom is 0.274 e. The maximum atomic E-state index is 12.6. The lowest BCUT2D eigenvalue weighted by molar-refractivity contribution is 0.0298. The Balaban J connectivity index is 1.58. The lowest BCUT2D eigenvalue weighted by Crippen LogP contribution is -2.41. The molecular formula is C22H22N4O2. The fraction of sp³-hybridized carbons (Fsp3) is 0.227. The average molecular weight is 374 g/mol. The van der Waals surface area contributed by atoms with Crippen LogP contribution in [-0.4, -0.2) is 47.1 Å². The zero-order valence-electron chi connectivity index (χ0n) is 15.6. The van der Waals surface area contributed by atoms with Gasteiger partial charge in [-0.05, 0) is 17.7 Å². The molecule has 1 aliphatic heterocycles. The van der Waals surface area contributed by atoms with Crippen molar-refractivity contribution in [2.75, 3.05) is 31.2 Å². The van der Waals surface area contributed by atoms with Crippen LogP contribution in [0.5, 0.6) is 0 Å². The van der Waals surface area contributed by atoms with Gasteiger partial charge < -0.3 is 14.5 Å². The number of morpholine rings is 1. The summed E-state index contributed by atoms with van der Waals surface area (Å²) in [6.07, 6.45) is 3.23. The second-order valence-electron chi connectivity index (χ2n) is 6.57. The first kappa shape index (κ1) is 18.1. The van der Waals surface area contributed by atoms with Crippen LogP contribution in [0.1, 0.15) is 16.1 Å². The number of benzene rings is 2. The van der Waals surface area contributed by atoms with Crippen LogP contribution in [0.3, 0.4) is 0 Å². The molecule has 0 spiro atoms. The van der Waals surface area contributed by atoms with Crippen LogP contribution in [0.4, 0.5) is 11.5 Å². The number of rotatable bonds is 5. The standard InChI is InChI=1S/C22H22N4O2/c27-22(25-11-13-28-14-12-25)20-15-24-21(16-23-20)26(19-9-5-2-6-10-19)17-18-7-3-1-4-8-18/h1-10,15-16H,11-14,17H2. The van der Waals surface area contributed by atoms with Crippen molar-refractivity contribution in [1.82, 2.24) is 14.9 Å². The molecule has 1 aliphatic rings. The summed E-state index contributed by atoms with van der Waals surface area (Å²) in [5, 5.41) is 0. The summed E-state index contributed by atoms with van der Waals surface area (Å²) in [7, 11) is 0. The molecule has 3 aromatic rings. The van der Waals surface area contributed by atoms with Crippen LogP contribution in [0.25, 0.3) is 0 Å². The first-order valence-corrected chi connectivity index (χ1v) is 9.37. The van der Waals surface area contributed by atoms with Gasteiger partial charge in [0.05, 0.1) is 25.6 Å². The van der Waals surface area contributed by atoms with E-state index >= 15 is 0 Å². The van der Waals surface area contributed by atoms with E-state index in [4.69, 9.17) is 4.74 Å². The minimum absolute atomic E-state index is 0.100. The third-order valence-corrected chi connectivity index (χ3v) is 4.68. The predicted molar refractivity (Wildman–Crippen MR) is 107 cm³/mol. The summed E-state index contributed by atoms with van der Waals surface area (Å²) >= 11 is 0. The molecule has 2 aromatic carbocycles. The molecule has 1 fully saturated rings. The zero-order valence-corrected chi connectivity index (χ0v) is 15.6. The van der Waals surface area contributed by atoms with Gasteiger partial charge in [0, 0.05) is 25.3 Å². The highest BCUT2D eigenvalue weighted by atomic mass is 16.5. The molecule has 0 aliphatic carbocycles. The number of para-hydroxylation sites is 1. The molecule has 6 nitrogen and oxygen atoms in total. The third kappa shape index (κ3) is 4.18. The number of amides is 1. The summed E-state index contributed by atoms with van der Waals surface area (Å²) in [4.78, 5) is 25.4. The Bertz CT molecular complexity index is 895. The fourth-order valence-electron chi connectivity index (χ4n) is 3.18. The molecule has 0 unspecified atom stereocenters. The van der Waals surface area contributed by atoms with Crippen LogP contribution in [0.2, 0.25) is 0 Å². The molecule has 0 saturated carbocycles. The van der Waals surface area contributed by atoms with E-state index in [0.29, 0.717) is 44.4 Å². The van der Waals surface area contributed by atoms with Crippen molar-refractivity contribution >= 4 is 17.4 Å². The van der Waals surface area contributed by atoms with Crippen LogP contribution >= 0.6 is 0 Å². The summed E-state index contributed by atoms with van der Waals surface area (Å²) in [5.74, 6) is 0.602. The second-order valence-corrected chi connectivity index (χ2v) is 6.57. The largest absolute Gasteiger partial charge is 0.378 e. The van der Waals surface area contributed by atoms with E-state index < -0.39 is 0 Å². The molecule has 2 heterocycles. The van der Waals surface area contributed by atoms with Crippen LogP contribution < -0.4 is 4.90 Å². The quantitative estimate of drug-likeness (QED) is 0.686. The Kier molecular flexibility index (Phi) is 5.58. The minimum Gasteiger partial charge on any atom is -0.378 e. The van der Waals surface area contributed by atoms with Gasteiger partial charge in [-0.3, -0.25) is 4.79 Å². The number of hydrogen-bond acceptors (Lipinski definition) is 5. The van der Waals surface area contributed by atoms with Crippen molar-refractivity contribution in [2.45, 2.75) is 6.54 Å². The lowest BCUT2D eigenvalue weighted by atomic mass is 10.2. The Labute approximate surface area is 164 Å². The third-order valence-electron chi connectivity index (χ3n) is 4.68. The number of hydrogen-bond donors (Lipinski definition) is 0. The van der Waals surface area contributed by atoms with Gasteiger partial charge in [0.2, 0.25) is 0 Å². The van der Waals surface area contributed by atoms with Crippen molar-refractivity contribution < 1.29 is 9.53 Å². The topological polar surface area (TPSA) is 58.6 Å². The molecule has 28 heavy (non-hydrogen) atoms. The van der Waals surface area contributed by atoms with Gasteiger partial charge in [-0.2, -0.15) is 0 Å². The van der Waals surface area contributed by atoms with Gasteiger partial charge in [0.25, 0.3) is 5.91 Å². The minimum atomic E-state index is -0.100. The normalized spacial score (nSPS) is 13.9. The molecule has 142 valence electrons. The molecule has 0 N–H and O–H groups in total. The summed E-state index contributed by atoms with van der Waals surface area (Å²) in [6, 6.07) is 20.3. The number of carbonyl (C=O) groups excluding carboxylic acids is 1. The van der Waals surface area contributed by atoms with Gasteiger partial charge in [-0.15, -0.1) is 0 Å². The average Bonchev–Trinajstić information content (AvgIpc) is 2.79. The molecular weight excluding hydrogens is 352 g/mol. The van der Waals surface area contributed by atoms with Crippen molar-refractivity contribution in [3.05, 3.63) is 84.3 Å². The van der Waals surface area contributed by atoms with Crippen LogP contribution in [-0.2, 0) is 11.3 Å².